The Hall–Kier alpha value is -3.52. The minimum Gasteiger partial charge on any atom is -0.492 e. The molecule has 0 saturated heterocycles. The van der Waals surface area contributed by atoms with Crippen LogP contribution in [0, 0.1) is 0 Å². The number of aromatic nitrogens is 2. The zero-order valence-corrected chi connectivity index (χ0v) is 18.1. The lowest BCUT2D eigenvalue weighted by atomic mass is 10.1. The summed E-state index contributed by atoms with van der Waals surface area (Å²) in [6.45, 7) is 0.897. The van der Waals surface area contributed by atoms with Gasteiger partial charge in [-0.3, -0.25) is 14.7 Å². The number of hydrogen-bond donors (Lipinski definition) is 2. The highest BCUT2D eigenvalue weighted by Crippen LogP contribution is 2.18. The maximum atomic E-state index is 13.0. The molecule has 2 amide bonds. The molecule has 0 atom stereocenters. The highest BCUT2D eigenvalue weighted by atomic mass is 35.5. The minimum absolute atomic E-state index is 0.0828. The van der Waals surface area contributed by atoms with Gasteiger partial charge in [-0.25, -0.2) is 0 Å². The number of nitrogens with zero attached hydrogens (tertiary/aromatic N) is 3. The summed E-state index contributed by atoms with van der Waals surface area (Å²) >= 11 is 5.99. The molecule has 0 spiro atoms. The molecule has 3 N–H and O–H groups in total. The zero-order chi connectivity index (χ0) is 22.4. The van der Waals surface area contributed by atoms with E-state index in [9.17, 15) is 9.59 Å². The molecule has 0 aliphatic rings. The number of hydrogen-bond acceptors (Lipinski definition) is 5. The number of carbonyl (C=O) groups excluding carboxylic acids is 2. The Kier molecular flexibility index (Phi) is 7.15. The van der Waals surface area contributed by atoms with Crippen LogP contribution < -0.4 is 10.5 Å². The lowest BCUT2D eigenvalue weighted by Gasteiger charge is -2.23. The number of ether oxygens (including phenoxy) is 1. The fraction of sp³-hybridized carbons (Fsp3) is 0.227. The summed E-state index contributed by atoms with van der Waals surface area (Å²) in [5.74, 6) is 0.405. The van der Waals surface area contributed by atoms with Gasteiger partial charge in [-0.15, -0.1) is 0 Å². The summed E-state index contributed by atoms with van der Waals surface area (Å²) in [4.78, 5) is 28.3. The maximum Gasteiger partial charge on any atom is 0.259 e. The molecular weight excluding hydrogens is 418 g/mol. The number of halogens is 1. The third-order valence-corrected chi connectivity index (χ3v) is 4.83. The van der Waals surface area contributed by atoms with Crippen molar-refractivity contribution in [2.24, 2.45) is 0 Å². The summed E-state index contributed by atoms with van der Waals surface area (Å²) in [5.41, 5.74) is 7.55. The Bertz CT molecular complexity index is 1050. The van der Waals surface area contributed by atoms with Gasteiger partial charge in [0, 0.05) is 37.4 Å². The molecule has 0 bridgehead atoms. The SMILES string of the molecule is CN(C)C(=O)c1ccc(CN(CCOc2cccc(Cl)c2)C(=O)c2c[nH]nc2N)cc1. The molecule has 8 nitrogen and oxygen atoms in total. The van der Waals surface area contributed by atoms with Crippen LogP contribution in [0.5, 0.6) is 5.75 Å². The number of carbonyl (C=O) groups is 2. The smallest absolute Gasteiger partial charge is 0.259 e. The van der Waals surface area contributed by atoms with E-state index in [1.165, 1.54) is 11.1 Å². The van der Waals surface area contributed by atoms with Crippen LogP contribution in [0.25, 0.3) is 0 Å². The first-order valence-corrected chi connectivity index (χ1v) is 10.0. The fourth-order valence-corrected chi connectivity index (χ4v) is 3.14. The molecule has 3 rings (SSSR count). The predicted octanol–water partition coefficient (Wildman–Crippen LogP) is 3.07. The second-order valence-electron chi connectivity index (χ2n) is 7.11. The van der Waals surface area contributed by atoms with E-state index in [1.807, 2.05) is 12.1 Å². The minimum atomic E-state index is -0.269. The first-order valence-electron chi connectivity index (χ1n) is 9.62. The van der Waals surface area contributed by atoms with Gasteiger partial charge in [0.05, 0.1) is 6.54 Å². The van der Waals surface area contributed by atoms with E-state index in [0.29, 0.717) is 35.0 Å². The van der Waals surface area contributed by atoms with Crippen LogP contribution in [-0.2, 0) is 6.54 Å². The first-order chi connectivity index (χ1) is 14.8. The van der Waals surface area contributed by atoms with Gasteiger partial charge in [0.25, 0.3) is 11.8 Å². The third-order valence-electron chi connectivity index (χ3n) is 4.59. The van der Waals surface area contributed by atoms with Crippen molar-refractivity contribution in [1.29, 1.82) is 0 Å². The second kappa shape index (κ2) is 9.99. The van der Waals surface area contributed by atoms with Gasteiger partial charge in [0.2, 0.25) is 0 Å². The monoisotopic (exact) mass is 441 g/mol. The lowest BCUT2D eigenvalue weighted by Crippen LogP contribution is -2.34. The zero-order valence-electron chi connectivity index (χ0n) is 17.3. The predicted molar refractivity (Wildman–Crippen MR) is 119 cm³/mol. The van der Waals surface area contributed by atoms with Crippen molar-refractivity contribution in [3.8, 4) is 5.75 Å². The van der Waals surface area contributed by atoms with Crippen LogP contribution in [0.3, 0.4) is 0 Å². The van der Waals surface area contributed by atoms with Crippen molar-refractivity contribution >= 4 is 29.2 Å². The Morgan fingerprint density at radius 2 is 1.87 bits per heavy atom. The number of rotatable bonds is 8. The van der Waals surface area contributed by atoms with Crippen molar-refractivity contribution in [3.63, 3.8) is 0 Å². The normalized spacial score (nSPS) is 10.5. The number of nitrogens with one attached hydrogen (secondary N) is 1. The van der Waals surface area contributed by atoms with Gasteiger partial charge in [-0.1, -0.05) is 29.8 Å². The topological polar surface area (TPSA) is 105 Å². The molecule has 0 aliphatic carbocycles. The molecule has 0 radical (unpaired) electrons. The molecule has 0 fully saturated rings. The van der Waals surface area contributed by atoms with Crippen molar-refractivity contribution in [2.75, 3.05) is 33.0 Å². The maximum absolute atomic E-state index is 13.0. The number of nitrogen functional groups attached to an aromatic ring is 1. The van der Waals surface area contributed by atoms with Gasteiger partial charge in [0.1, 0.15) is 17.9 Å². The van der Waals surface area contributed by atoms with Crippen molar-refractivity contribution < 1.29 is 14.3 Å². The number of H-pyrrole nitrogens is 1. The highest BCUT2D eigenvalue weighted by Gasteiger charge is 2.20. The molecule has 9 heteroatoms. The summed E-state index contributed by atoms with van der Waals surface area (Å²) in [6, 6.07) is 14.2. The summed E-state index contributed by atoms with van der Waals surface area (Å²) in [5, 5.41) is 7.01. The summed E-state index contributed by atoms with van der Waals surface area (Å²) in [6.07, 6.45) is 1.47. The molecule has 2 aromatic carbocycles. The van der Waals surface area contributed by atoms with E-state index < -0.39 is 0 Å². The molecule has 31 heavy (non-hydrogen) atoms. The molecule has 3 aromatic rings. The lowest BCUT2D eigenvalue weighted by molar-refractivity contribution is 0.0716. The quantitative estimate of drug-likeness (QED) is 0.559. The van der Waals surface area contributed by atoms with E-state index in [-0.39, 0.29) is 24.2 Å². The number of nitrogens with two attached hydrogens (primary N) is 1. The molecule has 0 saturated carbocycles. The Balaban J connectivity index is 1.73. The van der Waals surface area contributed by atoms with Crippen LogP contribution in [0.15, 0.2) is 54.7 Å². The molecule has 162 valence electrons. The van der Waals surface area contributed by atoms with E-state index in [2.05, 4.69) is 10.2 Å². The average Bonchev–Trinajstić information content (AvgIpc) is 3.18. The van der Waals surface area contributed by atoms with Gasteiger partial charge in [-0.05, 0) is 35.9 Å². The van der Waals surface area contributed by atoms with Crippen molar-refractivity contribution in [1.82, 2.24) is 20.0 Å². The Morgan fingerprint density at radius 1 is 1.13 bits per heavy atom. The largest absolute Gasteiger partial charge is 0.492 e. The van der Waals surface area contributed by atoms with E-state index in [1.54, 1.807) is 55.4 Å². The third kappa shape index (κ3) is 5.76. The summed E-state index contributed by atoms with van der Waals surface area (Å²) < 4.78 is 5.75. The van der Waals surface area contributed by atoms with Gasteiger partial charge < -0.3 is 20.3 Å². The summed E-state index contributed by atoms with van der Waals surface area (Å²) in [7, 11) is 3.40. The number of amides is 2. The van der Waals surface area contributed by atoms with E-state index in [4.69, 9.17) is 22.1 Å². The molecule has 1 heterocycles. The second-order valence-corrected chi connectivity index (χ2v) is 7.55. The van der Waals surface area contributed by atoms with Crippen LogP contribution in [0.4, 0.5) is 5.82 Å². The number of aromatic amines is 1. The van der Waals surface area contributed by atoms with Crippen LogP contribution in [0.2, 0.25) is 5.02 Å². The fourth-order valence-electron chi connectivity index (χ4n) is 2.96. The van der Waals surface area contributed by atoms with Gasteiger partial charge in [-0.2, -0.15) is 5.10 Å². The van der Waals surface area contributed by atoms with Gasteiger partial charge >= 0.3 is 0 Å². The standard InChI is InChI=1S/C22H24ClN5O3/c1-27(2)21(29)16-8-6-15(7-9-16)14-28(22(30)19-13-25-26-20(19)24)10-11-31-18-5-3-4-17(23)12-18/h3-9,12-13H,10-11,14H2,1-2H3,(H3,24,25,26). The number of benzene rings is 2. The van der Waals surface area contributed by atoms with Gasteiger partial charge in [0.15, 0.2) is 5.82 Å². The van der Waals surface area contributed by atoms with E-state index >= 15 is 0 Å². The van der Waals surface area contributed by atoms with Crippen molar-refractivity contribution in [3.05, 3.63) is 76.4 Å². The van der Waals surface area contributed by atoms with E-state index in [0.717, 1.165) is 5.56 Å². The molecular formula is C22H24ClN5O3. The Labute approximate surface area is 185 Å². The van der Waals surface area contributed by atoms with Crippen LogP contribution in [-0.4, -0.2) is 59.1 Å². The first kappa shape index (κ1) is 22.2. The van der Waals surface area contributed by atoms with Crippen LogP contribution >= 0.6 is 11.6 Å². The average molecular weight is 442 g/mol. The number of anilines is 1. The highest BCUT2D eigenvalue weighted by molar-refractivity contribution is 6.30. The molecule has 0 unspecified atom stereocenters. The Morgan fingerprint density at radius 3 is 2.48 bits per heavy atom. The van der Waals surface area contributed by atoms with Crippen molar-refractivity contribution in [2.45, 2.75) is 6.54 Å². The van der Waals surface area contributed by atoms with Crippen LogP contribution in [0.1, 0.15) is 26.3 Å². The molecule has 1 aromatic heterocycles. The molecule has 0 aliphatic heterocycles.